The summed E-state index contributed by atoms with van der Waals surface area (Å²) in [5.41, 5.74) is 0.00629. The Bertz CT molecular complexity index is 334. The van der Waals surface area contributed by atoms with Gasteiger partial charge >= 0.3 is 0 Å². The molecule has 0 radical (unpaired) electrons. The fraction of sp³-hybridized carbons (Fsp3) is 0.455. The van der Waals surface area contributed by atoms with Crippen molar-refractivity contribution in [2.45, 2.75) is 5.92 Å². The number of benzene rings is 1. The average Bonchev–Trinajstić information content (AvgIpc) is 2.24. The van der Waals surface area contributed by atoms with Crippen molar-refractivity contribution in [1.29, 1.82) is 0 Å². The van der Waals surface area contributed by atoms with E-state index >= 15 is 0 Å². The van der Waals surface area contributed by atoms with E-state index in [2.05, 4.69) is 21.2 Å². The fourth-order valence-electron chi connectivity index (χ4n) is 1.24. The lowest BCUT2D eigenvalue weighted by atomic mass is 10.1. The second kappa shape index (κ2) is 6.27. The Kier molecular flexibility index (Phi) is 5.31. The first-order valence-electron chi connectivity index (χ1n) is 4.90. The van der Waals surface area contributed by atoms with Gasteiger partial charge in [0.1, 0.15) is 0 Å². The molecular formula is C11H14BrF2NO. The van der Waals surface area contributed by atoms with Gasteiger partial charge in [-0.05, 0) is 12.1 Å². The van der Waals surface area contributed by atoms with Crippen LogP contribution in [0.25, 0.3) is 0 Å². The van der Waals surface area contributed by atoms with Crippen molar-refractivity contribution in [2.75, 3.05) is 26.8 Å². The Morgan fingerprint density at radius 3 is 2.81 bits per heavy atom. The maximum Gasteiger partial charge on any atom is 0.285 e. The zero-order valence-electron chi connectivity index (χ0n) is 8.97. The highest BCUT2D eigenvalue weighted by atomic mass is 79.9. The third-order valence-electron chi connectivity index (χ3n) is 2.08. The predicted octanol–water partition coefficient (Wildman–Crippen LogP) is 2.78. The molecule has 1 aromatic carbocycles. The van der Waals surface area contributed by atoms with Gasteiger partial charge in [0.05, 0.1) is 13.2 Å². The number of halogens is 3. The molecule has 0 spiro atoms. The highest BCUT2D eigenvalue weighted by molar-refractivity contribution is 9.10. The summed E-state index contributed by atoms with van der Waals surface area (Å²) in [5, 5.41) is 2.65. The molecule has 1 rings (SSSR count). The van der Waals surface area contributed by atoms with E-state index in [9.17, 15) is 8.78 Å². The monoisotopic (exact) mass is 293 g/mol. The van der Waals surface area contributed by atoms with E-state index in [0.717, 1.165) is 0 Å². The van der Waals surface area contributed by atoms with Crippen molar-refractivity contribution in [3.63, 3.8) is 0 Å². The van der Waals surface area contributed by atoms with Crippen molar-refractivity contribution in [2.24, 2.45) is 0 Å². The summed E-state index contributed by atoms with van der Waals surface area (Å²) in [5.74, 6) is -2.86. The topological polar surface area (TPSA) is 21.3 Å². The molecule has 5 heteroatoms. The first-order valence-corrected chi connectivity index (χ1v) is 5.69. The number of methoxy groups -OCH3 is 1. The first kappa shape index (κ1) is 13.5. The molecule has 0 saturated carbocycles. The summed E-state index contributed by atoms with van der Waals surface area (Å²) < 4.78 is 32.7. The van der Waals surface area contributed by atoms with E-state index in [4.69, 9.17) is 4.74 Å². The Labute approximate surface area is 102 Å². The SMILES string of the molecule is COCCNCC(F)(F)c1cccc(Br)c1. The highest BCUT2D eigenvalue weighted by Crippen LogP contribution is 2.28. The van der Waals surface area contributed by atoms with Crippen molar-refractivity contribution in [1.82, 2.24) is 5.32 Å². The van der Waals surface area contributed by atoms with Crippen LogP contribution in [0.2, 0.25) is 0 Å². The number of nitrogens with one attached hydrogen (secondary N) is 1. The van der Waals surface area contributed by atoms with Crippen molar-refractivity contribution in [3.8, 4) is 0 Å². The van der Waals surface area contributed by atoms with Crippen LogP contribution in [0.4, 0.5) is 8.78 Å². The second-order valence-electron chi connectivity index (χ2n) is 3.38. The molecule has 1 aromatic rings. The van der Waals surface area contributed by atoms with Crippen LogP contribution in [0.5, 0.6) is 0 Å². The van der Waals surface area contributed by atoms with Crippen molar-refractivity contribution < 1.29 is 13.5 Å². The van der Waals surface area contributed by atoms with E-state index in [-0.39, 0.29) is 12.1 Å². The molecule has 16 heavy (non-hydrogen) atoms. The van der Waals surface area contributed by atoms with Crippen LogP contribution in [0.3, 0.4) is 0 Å². The average molecular weight is 294 g/mol. The van der Waals surface area contributed by atoms with Gasteiger partial charge in [0, 0.05) is 23.7 Å². The van der Waals surface area contributed by atoms with E-state index in [0.29, 0.717) is 17.6 Å². The Morgan fingerprint density at radius 2 is 2.19 bits per heavy atom. The highest BCUT2D eigenvalue weighted by Gasteiger charge is 2.30. The summed E-state index contributed by atoms with van der Waals surface area (Å²) in [6.45, 7) is 0.460. The molecule has 0 amide bonds. The van der Waals surface area contributed by atoms with E-state index in [1.54, 1.807) is 12.1 Å². The third kappa shape index (κ3) is 4.15. The minimum Gasteiger partial charge on any atom is -0.383 e. The number of hydrogen-bond acceptors (Lipinski definition) is 2. The molecule has 0 fully saturated rings. The molecule has 0 heterocycles. The minimum absolute atomic E-state index is 0.00629. The molecule has 0 saturated heterocycles. The molecule has 0 bridgehead atoms. The maximum atomic E-state index is 13.6. The van der Waals surface area contributed by atoms with Crippen LogP contribution in [0, 0.1) is 0 Å². The molecule has 2 nitrogen and oxygen atoms in total. The van der Waals surface area contributed by atoms with Crippen molar-refractivity contribution in [3.05, 3.63) is 34.3 Å². The van der Waals surface area contributed by atoms with Crippen LogP contribution in [0.1, 0.15) is 5.56 Å². The molecule has 0 atom stereocenters. The molecule has 90 valence electrons. The van der Waals surface area contributed by atoms with Gasteiger partial charge in [0.25, 0.3) is 5.92 Å². The summed E-state index contributed by atoms with van der Waals surface area (Å²) in [7, 11) is 1.54. The third-order valence-corrected chi connectivity index (χ3v) is 2.57. The molecule has 0 aliphatic rings. The zero-order valence-corrected chi connectivity index (χ0v) is 10.6. The van der Waals surface area contributed by atoms with Crippen LogP contribution in [-0.4, -0.2) is 26.8 Å². The van der Waals surface area contributed by atoms with Crippen LogP contribution >= 0.6 is 15.9 Å². The maximum absolute atomic E-state index is 13.6. The van der Waals surface area contributed by atoms with Gasteiger partial charge in [0.15, 0.2) is 0 Å². The predicted molar refractivity (Wildman–Crippen MR) is 62.8 cm³/mol. The smallest absolute Gasteiger partial charge is 0.285 e. The number of alkyl halides is 2. The van der Waals surface area contributed by atoms with Gasteiger partial charge in [-0.25, -0.2) is 0 Å². The fourth-order valence-corrected chi connectivity index (χ4v) is 1.64. The quantitative estimate of drug-likeness (QED) is 0.815. The van der Waals surface area contributed by atoms with Crippen LogP contribution in [0.15, 0.2) is 28.7 Å². The number of hydrogen-bond donors (Lipinski definition) is 1. The van der Waals surface area contributed by atoms with Gasteiger partial charge in [-0.3, -0.25) is 0 Å². The van der Waals surface area contributed by atoms with Crippen LogP contribution < -0.4 is 5.32 Å². The van der Waals surface area contributed by atoms with Gasteiger partial charge < -0.3 is 10.1 Å². The number of ether oxygens (including phenoxy) is 1. The lowest BCUT2D eigenvalue weighted by molar-refractivity contribution is -0.00420. The Hall–Kier alpha value is -0.520. The van der Waals surface area contributed by atoms with E-state index in [1.807, 2.05) is 0 Å². The van der Waals surface area contributed by atoms with Gasteiger partial charge in [0.2, 0.25) is 0 Å². The Balaban J connectivity index is 2.55. The minimum atomic E-state index is -2.86. The van der Waals surface area contributed by atoms with Gasteiger partial charge in [-0.1, -0.05) is 28.1 Å². The van der Waals surface area contributed by atoms with Gasteiger partial charge in [-0.15, -0.1) is 0 Å². The lowest BCUT2D eigenvalue weighted by Gasteiger charge is -2.17. The van der Waals surface area contributed by atoms with Crippen molar-refractivity contribution >= 4 is 15.9 Å². The summed E-state index contributed by atoms with van der Waals surface area (Å²) in [6, 6.07) is 6.17. The summed E-state index contributed by atoms with van der Waals surface area (Å²) >= 11 is 3.17. The normalized spacial score (nSPS) is 11.8. The molecule has 0 aliphatic heterocycles. The number of rotatable bonds is 6. The molecule has 0 aromatic heterocycles. The first-order chi connectivity index (χ1) is 7.56. The van der Waals surface area contributed by atoms with E-state index < -0.39 is 5.92 Å². The molecule has 0 unspecified atom stereocenters. The summed E-state index contributed by atoms with van der Waals surface area (Å²) in [4.78, 5) is 0. The molecular weight excluding hydrogens is 280 g/mol. The van der Waals surface area contributed by atoms with Crippen LogP contribution in [-0.2, 0) is 10.7 Å². The standard InChI is InChI=1S/C11H14BrF2NO/c1-16-6-5-15-8-11(13,14)9-3-2-4-10(12)7-9/h2-4,7,15H,5-6,8H2,1H3. The van der Waals surface area contributed by atoms with Gasteiger partial charge in [-0.2, -0.15) is 8.78 Å². The molecule has 0 aliphatic carbocycles. The summed E-state index contributed by atoms with van der Waals surface area (Å²) in [6.07, 6.45) is 0. The zero-order chi connectivity index (χ0) is 12.0. The largest absolute Gasteiger partial charge is 0.383 e. The lowest BCUT2D eigenvalue weighted by Crippen LogP contribution is -2.32. The molecule has 1 N–H and O–H groups in total. The van der Waals surface area contributed by atoms with E-state index in [1.165, 1.54) is 19.2 Å². The Morgan fingerprint density at radius 1 is 1.44 bits per heavy atom. The second-order valence-corrected chi connectivity index (χ2v) is 4.30.